The fourth-order valence-corrected chi connectivity index (χ4v) is 2.93. The Kier molecular flexibility index (Phi) is 4.52. The highest BCUT2D eigenvalue weighted by atomic mass is 16.2. The Morgan fingerprint density at radius 2 is 2.00 bits per heavy atom. The van der Waals surface area contributed by atoms with Gasteiger partial charge in [-0.2, -0.15) is 4.68 Å². The number of nitrogens with zero attached hydrogens (tertiary/aromatic N) is 5. The van der Waals surface area contributed by atoms with Gasteiger partial charge in [0, 0.05) is 18.5 Å². The van der Waals surface area contributed by atoms with Gasteiger partial charge in [-0.05, 0) is 43.3 Å². The number of hydrogen-bond donors (Lipinski definition) is 1. The van der Waals surface area contributed by atoms with Gasteiger partial charge < -0.3 is 10.2 Å². The zero-order chi connectivity index (χ0) is 18.0. The standard InChI is InChI=1S/C17H22N6O2/c1-17(2,3)22-11-12(9-15(22)24)16(25)18-10-14-19-20-21-23(14)13-7-5-4-6-8-13/h4-8,12H,9-11H2,1-3H3,(H,18,25). The van der Waals surface area contributed by atoms with E-state index >= 15 is 0 Å². The van der Waals surface area contributed by atoms with Crippen molar-refractivity contribution in [1.82, 2.24) is 30.4 Å². The number of tetrazole rings is 1. The molecule has 1 aliphatic rings. The van der Waals surface area contributed by atoms with Gasteiger partial charge >= 0.3 is 0 Å². The second-order valence-electron chi connectivity index (χ2n) is 7.14. The Bertz CT molecular complexity index is 765. The van der Waals surface area contributed by atoms with Gasteiger partial charge in [-0.25, -0.2) is 0 Å². The molecule has 2 aromatic rings. The molecule has 1 fully saturated rings. The number of benzene rings is 1. The average molecular weight is 342 g/mol. The summed E-state index contributed by atoms with van der Waals surface area (Å²) < 4.78 is 1.58. The van der Waals surface area contributed by atoms with Gasteiger partial charge in [-0.3, -0.25) is 9.59 Å². The number of nitrogens with one attached hydrogen (secondary N) is 1. The summed E-state index contributed by atoms with van der Waals surface area (Å²) in [6.07, 6.45) is 0.243. The van der Waals surface area contributed by atoms with E-state index in [0.29, 0.717) is 12.4 Å². The van der Waals surface area contributed by atoms with Crippen LogP contribution in [0, 0.1) is 5.92 Å². The molecule has 0 saturated carbocycles. The highest BCUT2D eigenvalue weighted by Gasteiger charge is 2.39. The molecule has 0 radical (unpaired) electrons. The summed E-state index contributed by atoms with van der Waals surface area (Å²) in [6.45, 7) is 6.57. The van der Waals surface area contributed by atoms with E-state index in [0.717, 1.165) is 5.69 Å². The van der Waals surface area contributed by atoms with E-state index in [2.05, 4.69) is 20.8 Å². The van der Waals surface area contributed by atoms with Crippen LogP contribution in [0.15, 0.2) is 30.3 Å². The molecule has 1 N–H and O–H groups in total. The summed E-state index contributed by atoms with van der Waals surface area (Å²) in [4.78, 5) is 26.3. The predicted molar refractivity (Wildman–Crippen MR) is 90.6 cm³/mol. The molecule has 8 nitrogen and oxygen atoms in total. The second kappa shape index (κ2) is 6.62. The van der Waals surface area contributed by atoms with E-state index in [4.69, 9.17) is 0 Å². The van der Waals surface area contributed by atoms with Crippen LogP contribution in [0.4, 0.5) is 0 Å². The summed E-state index contributed by atoms with van der Waals surface area (Å²) in [5.41, 5.74) is 0.551. The third-order valence-electron chi connectivity index (χ3n) is 4.26. The van der Waals surface area contributed by atoms with E-state index in [-0.39, 0.29) is 36.2 Å². The normalized spacial score (nSPS) is 17.8. The number of aromatic nitrogens is 4. The third-order valence-corrected chi connectivity index (χ3v) is 4.26. The Balaban J connectivity index is 1.63. The minimum absolute atomic E-state index is 0.0155. The number of para-hydroxylation sites is 1. The van der Waals surface area contributed by atoms with Crippen LogP contribution >= 0.6 is 0 Å². The molecule has 1 aliphatic heterocycles. The summed E-state index contributed by atoms with van der Waals surface area (Å²) in [7, 11) is 0. The molecule has 2 heterocycles. The van der Waals surface area contributed by atoms with Crippen LogP contribution < -0.4 is 5.32 Å². The lowest BCUT2D eigenvalue weighted by molar-refractivity contribution is -0.132. The first-order valence-corrected chi connectivity index (χ1v) is 8.27. The van der Waals surface area contributed by atoms with E-state index < -0.39 is 0 Å². The molecule has 1 aromatic carbocycles. The fourth-order valence-electron chi connectivity index (χ4n) is 2.93. The van der Waals surface area contributed by atoms with Crippen molar-refractivity contribution in [2.45, 2.75) is 39.3 Å². The molecule has 132 valence electrons. The predicted octanol–water partition coefficient (Wildman–Crippen LogP) is 0.925. The lowest BCUT2D eigenvalue weighted by Crippen LogP contribution is -2.43. The SMILES string of the molecule is CC(C)(C)N1CC(C(=O)NCc2nnnn2-c2ccccc2)CC1=O. The topological polar surface area (TPSA) is 93.0 Å². The molecule has 0 aliphatic carbocycles. The van der Waals surface area contributed by atoms with Crippen molar-refractivity contribution in [2.24, 2.45) is 5.92 Å². The van der Waals surface area contributed by atoms with Gasteiger partial charge in [0.25, 0.3) is 0 Å². The van der Waals surface area contributed by atoms with Crippen LogP contribution in [0.25, 0.3) is 5.69 Å². The van der Waals surface area contributed by atoms with Gasteiger partial charge in [0.15, 0.2) is 5.82 Å². The van der Waals surface area contributed by atoms with Gasteiger partial charge in [-0.15, -0.1) is 5.10 Å². The largest absolute Gasteiger partial charge is 0.348 e. The summed E-state index contributed by atoms with van der Waals surface area (Å²) >= 11 is 0. The van der Waals surface area contributed by atoms with E-state index in [9.17, 15) is 9.59 Å². The molecule has 1 atom stereocenters. The first-order chi connectivity index (χ1) is 11.9. The van der Waals surface area contributed by atoms with Crippen molar-refractivity contribution in [3.63, 3.8) is 0 Å². The van der Waals surface area contributed by atoms with Crippen LogP contribution in [0.3, 0.4) is 0 Å². The number of rotatable bonds is 4. The first kappa shape index (κ1) is 17.1. The number of likely N-dealkylation sites (tertiary alicyclic amines) is 1. The lowest BCUT2D eigenvalue weighted by Gasteiger charge is -2.31. The Morgan fingerprint density at radius 3 is 2.64 bits per heavy atom. The van der Waals surface area contributed by atoms with Crippen LogP contribution in [-0.2, 0) is 16.1 Å². The highest BCUT2D eigenvalue weighted by Crippen LogP contribution is 2.25. The van der Waals surface area contributed by atoms with Crippen molar-refractivity contribution in [3.8, 4) is 5.69 Å². The molecule has 1 aromatic heterocycles. The Morgan fingerprint density at radius 1 is 1.28 bits per heavy atom. The fraction of sp³-hybridized carbons (Fsp3) is 0.471. The molecular weight excluding hydrogens is 320 g/mol. The number of hydrogen-bond acceptors (Lipinski definition) is 5. The molecule has 0 bridgehead atoms. The zero-order valence-corrected chi connectivity index (χ0v) is 14.6. The Hall–Kier alpha value is -2.77. The molecule has 25 heavy (non-hydrogen) atoms. The van der Waals surface area contributed by atoms with Crippen LogP contribution in [-0.4, -0.2) is 49.0 Å². The maximum atomic E-state index is 12.4. The monoisotopic (exact) mass is 342 g/mol. The summed E-state index contributed by atoms with van der Waals surface area (Å²) in [5.74, 6) is 0.0637. The zero-order valence-electron chi connectivity index (χ0n) is 14.6. The van der Waals surface area contributed by atoms with Crippen LogP contribution in [0.2, 0.25) is 0 Å². The maximum absolute atomic E-state index is 12.4. The Labute approximate surface area is 146 Å². The third kappa shape index (κ3) is 3.67. The number of amides is 2. The smallest absolute Gasteiger partial charge is 0.225 e. The van der Waals surface area contributed by atoms with Gasteiger partial charge in [0.1, 0.15) is 0 Å². The summed E-state index contributed by atoms with van der Waals surface area (Å²) in [5, 5.41) is 14.5. The van der Waals surface area contributed by atoms with Gasteiger partial charge in [0.2, 0.25) is 11.8 Å². The van der Waals surface area contributed by atoms with E-state index in [1.54, 1.807) is 9.58 Å². The van der Waals surface area contributed by atoms with Crippen molar-refractivity contribution >= 4 is 11.8 Å². The van der Waals surface area contributed by atoms with Gasteiger partial charge in [-0.1, -0.05) is 18.2 Å². The molecule has 1 unspecified atom stereocenters. The summed E-state index contributed by atoms with van der Waals surface area (Å²) in [6, 6.07) is 9.47. The molecule has 3 rings (SSSR count). The molecule has 8 heteroatoms. The number of carbonyl (C=O) groups excluding carboxylic acids is 2. The van der Waals surface area contributed by atoms with Crippen LogP contribution in [0.5, 0.6) is 0 Å². The molecule has 1 saturated heterocycles. The maximum Gasteiger partial charge on any atom is 0.225 e. The lowest BCUT2D eigenvalue weighted by atomic mass is 10.1. The van der Waals surface area contributed by atoms with Crippen molar-refractivity contribution in [2.75, 3.05) is 6.54 Å². The number of carbonyl (C=O) groups is 2. The molecule has 2 amide bonds. The molecule has 0 spiro atoms. The van der Waals surface area contributed by atoms with Crippen molar-refractivity contribution in [1.29, 1.82) is 0 Å². The molecular formula is C17H22N6O2. The van der Waals surface area contributed by atoms with E-state index in [1.807, 2.05) is 51.1 Å². The average Bonchev–Trinajstić information content (AvgIpc) is 3.19. The van der Waals surface area contributed by atoms with Crippen molar-refractivity contribution < 1.29 is 9.59 Å². The minimum Gasteiger partial charge on any atom is -0.348 e. The minimum atomic E-state index is -0.340. The quantitative estimate of drug-likeness (QED) is 0.892. The van der Waals surface area contributed by atoms with E-state index in [1.165, 1.54) is 0 Å². The van der Waals surface area contributed by atoms with Crippen molar-refractivity contribution in [3.05, 3.63) is 36.2 Å². The van der Waals surface area contributed by atoms with Crippen LogP contribution in [0.1, 0.15) is 33.0 Å². The highest BCUT2D eigenvalue weighted by molar-refractivity contribution is 5.89. The second-order valence-corrected chi connectivity index (χ2v) is 7.14. The first-order valence-electron chi connectivity index (χ1n) is 8.27. The van der Waals surface area contributed by atoms with Gasteiger partial charge in [0.05, 0.1) is 18.2 Å².